The largest absolute Gasteiger partial charge is 0.497 e. The number of hydrogen-bond acceptors (Lipinski definition) is 8. The number of thiazole rings is 1. The fourth-order valence-electron chi connectivity index (χ4n) is 3.15. The van der Waals surface area contributed by atoms with Crippen LogP contribution in [0.15, 0.2) is 35.3 Å². The molecule has 0 fully saturated rings. The molecule has 9 nitrogen and oxygen atoms in total. The SMILES string of the molecule is CCOC(=O)Cn1c(=NC(=O)c2cc(OC)ccc2OC)sc2c(OC)ccc(OC)c21. The molecule has 0 saturated heterocycles. The lowest BCUT2D eigenvalue weighted by atomic mass is 10.2. The molecule has 0 aliphatic heterocycles. The van der Waals surface area contributed by atoms with Gasteiger partial charge in [-0.2, -0.15) is 4.99 Å². The zero-order valence-electron chi connectivity index (χ0n) is 18.5. The summed E-state index contributed by atoms with van der Waals surface area (Å²) in [6.45, 7) is 1.80. The van der Waals surface area contributed by atoms with E-state index in [4.69, 9.17) is 23.7 Å². The zero-order chi connectivity index (χ0) is 23.3. The number of amides is 1. The Morgan fingerprint density at radius 2 is 1.59 bits per heavy atom. The Kier molecular flexibility index (Phi) is 7.37. The van der Waals surface area contributed by atoms with Gasteiger partial charge in [-0.15, -0.1) is 0 Å². The molecule has 3 aromatic rings. The van der Waals surface area contributed by atoms with Gasteiger partial charge in [-0.3, -0.25) is 9.59 Å². The molecule has 0 spiro atoms. The number of rotatable bonds is 8. The summed E-state index contributed by atoms with van der Waals surface area (Å²) in [4.78, 5) is 30.0. The van der Waals surface area contributed by atoms with E-state index < -0.39 is 11.9 Å². The van der Waals surface area contributed by atoms with Crippen LogP contribution in [-0.2, 0) is 16.1 Å². The maximum Gasteiger partial charge on any atom is 0.326 e. The Labute approximate surface area is 188 Å². The van der Waals surface area contributed by atoms with Crippen LogP contribution < -0.4 is 23.7 Å². The second-order valence-corrected chi connectivity index (χ2v) is 7.38. The number of benzene rings is 2. The maximum atomic E-state index is 13.1. The van der Waals surface area contributed by atoms with E-state index in [2.05, 4.69) is 4.99 Å². The van der Waals surface area contributed by atoms with Crippen molar-refractivity contribution < 1.29 is 33.3 Å². The first-order chi connectivity index (χ1) is 15.5. The van der Waals surface area contributed by atoms with Gasteiger partial charge in [0.05, 0.1) is 40.6 Å². The van der Waals surface area contributed by atoms with Crippen LogP contribution in [0.1, 0.15) is 17.3 Å². The summed E-state index contributed by atoms with van der Waals surface area (Å²) in [5, 5.41) is 0. The molecule has 0 aliphatic carbocycles. The quantitative estimate of drug-likeness (QED) is 0.477. The van der Waals surface area contributed by atoms with Crippen LogP contribution in [0.5, 0.6) is 23.0 Å². The van der Waals surface area contributed by atoms with E-state index >= 15 is 0 Å². The Morgan fingerprint density at radius 3 is 2.22 bits per heavy atom. The first-order valence-corrected chi connectivity index (χ1v) is 10.5. The van der Waals surface area contributed by atoms with Gasteiger partial charge in [0.25, 0.3) is 5.91 Å². The number of aromatic nitrogens is 1. The molecule has 2 aromatic carbocycles. The van der Waals surface area contributed by atoms with Crippen LogP contribution in [0.4, 0.5) is 0 Å². The van der Waals surface area contributed by atoms with Gasteiger partial charge in [0.2, 0.25) is 0 Å². The van der Waals surface area contributed by atoms with E-state index in [-0.39, 0.29) is 23.5 Å². The number of fused-ring (bicyclic) bond motifs is 1. The highest BCUT2D eigenvalue weighted by Crippen LogP contribution is 2.35. The minimum atomic E-state index is -0.553. The van der Waals surface area contributed by atoms with Gasteiger partial charge in [-0.25, -0.2) is 0 Å². The molecule has 3 rings (SSSR count). The average Bonchev–Trinajstić information content (AvgIpc) is 3.15. The molecule has 0 saturated carbocycles. The second kappa shape index (κ2) is 10.2. The van der Waals surface area contributed by atoms with E-state index in [1.807, 2.05) is 0 Å². The second-order valence-electron chi connectivity index (χ2n) is 6.41. The van der Waals surface area contributed by atoms with Crippen molar-refractivity contribution in [3.05, 3.63) is 40.7 Å². The van der Waals surface area contributed by atoms with Gasteiger partial charge in [-0.1, -0.05) is 11.3 Å². The molecule has 0 bridgehead atoms. The molecule has 1 amide bonds. The van der Waals surface area contributed by atoms with E-state index in [1.54, 1.807) is 48.9 Å². The fourth-order valence-corrected chi connectivity index (χ4v) is 4.29. The summed E-state index contributed by atoms with van der Waals surface area (Å²) in [7, 11) is 6.04. The molecule has 1 aromatic heterocycles. The van der Waals surface area contributed by atoms with Gasteiger partial charge >= 0.3 is 5.97 Å². The molecule has 170 valence electrons. The van der Waals surface area contributed by atoms with E-state index in [9.17, 15) is 9.59 Å². The lowest BCUT2D eigenvalue weighted by molar-refractivity contribution is -0.143. The number of esters is 1. The lowest BCUT2D eigenvalue weighted by Crippen LogP contribution is -2.23. The van der Waals surface area contributed by atoms with Gasteiger partial charge in [0.15, 0.2) is 4.80 Å². The topological polar surface area (TPSA) is 97.6 Å². The molecule has 10 heteroatoms. The lowest BCUT2D eigenvalue weighted by Gasteiger charge is -2.10. The van der Waals surface area contributed by atoms with Crippen molar-refractivity contribution in [3.63, 3.8) is 0 Å². The first kappa shape index (κ1) is 23.1. The number of ether oxygens (including phenoxy) is 5. The molecular weight excluding hydrogens is 436 g/mol. The number of hydrogen-bond donors (Lipinski definition) is 0. The Hall–Kier alpha value is -3.53. The minimum Gasteiger partial charge on any atom is -0.497 e. The molecule has 0 radical (unpaired) electrons. The third-order valence-electron chi connectivity index (χ3n) is 4.62. The highest BCUT2D eigenvalue weighted by atomic mass is 32.1. The Balaban J connectivity index is 2.26. The van der Waals surface area contributed by atoms with Crippen molar-refractivity contribution in [1.82, 2.24) is 4.57 Å². The minimum absolute atomic E-state index is 0.154. The van der Waals surface area contributed by atoms with E-state index in [1.165, 1.54) is 32.7 Å². The summed E-state index contributed by atoms with van der Waals surface area (Å²) in [5.41, 5.74) is 0.806. The maximum absolute atomic E-state index is 13.1. The Bertz CT molecular complexity index is 1210. The smallest absolute Gasteiger partial charge is 0.326 e. The van der Waals surface area contributed by atoms with Crippen molar-refractivity contribution in [2.24, 2.45) is 4.99 Å². The fraction of sp³-hybridized carbons (Fsp3) is 0.318. The highest BCUT2D eigenvalue weighted by Gasteiger charge is 2.20. The van der Waals surface area contributed by atoms with Crippen LogP contribution in [-0.4, -0.2) is 51.5 Å². The van der Waals surface area contributed by atoms with Gasteiger partial charge in [-0.05, 0) is 37.3 Å². The van der Waals surface area contributed by atoms with Crippen molar-refractivity contribution >= 4 is 33.4 Å². The third kappa shape index (κ3) is 4.54. The summed E-state index contributed by atoms with van der Waals surface area (Å²) in [6.07, 6.45) is 0. The summed E-state index contributed by atoms with van der Waals surface area (Å²) in [5.74, 6) is 0.898. The molecule has 32 heavy (non-hydrogen) atoms. The summed E-state index contributed by atoms with van der Waals surface area (Å²) >= 11 is 1.20. The molecular formula is C22H24N2O7S. The normalized spacial score (nSPS) is 11.3. The predicted molar refractivity (Wildman–Crippen MR) is 119 cm³/mol. The van der Waals surface area contributed by atoms with Crippen LogP contribution in [0.2, 0.25) is 0 Å². The van der Waals surface area contributed by atoms with Gasteiger partial charge < -0.3 is 28.3 Å². The van der Waals surface area contributed by atoms with Gasteiger partial charge in [0.1, 0.15) is 39.8 Å². The standard InChI is InChI=1S/C22H24N2O7S/c1-6-31-18(25)12-24-19-16(29-4)9-10-17(30-5)20(19)32-22(24)23-21(26)14-11-13(27-2)7-8-15(14)28-3/h7-11H,6,12H2,1-5H3. The first-order valence-electron chi connectivity index (χ1n) is 9.68. The molecule has 0 N–H and O–H groups in total. The van der Waals surface area contributed by atoms with Crippen LogP contribution in [0.3, 0.4) is 0 Å². The summed E-state index contributed by atoms with van der Waals surface area (Å²) in [6, 6.07) is 8.35. The number of carbonyl (C=O) groups is 2. The third-order valence-corrected chi connectivity index (χ3v) is 5.71. The predicted octanol–water partition coefficient (Wildman–Crippen LogP) is 3.04. The van der Waals surface area contributed by atoms with Crippen LogP contribution in [0.25, 0.3) is 10.2 Å². The van der Waals surface area contributed by atoms with Gasteiger partial charge in [0, 0.05) is 0 Å². The van der Waals surface area contributed by atoms with Crippen LogP contribution >= 0.6 is 11.3 Å². The molecule has 1 heterocycles. The summed E-state index contributed by atoms with van der Waals surface area (Å²) < 4.78 is 28.9. The molecule has 0 aliphatic rings. The monoisotopic (exact) mass is 460 g/mol. The van der Waals surface area contributed by atoms with Crippen LogP contribution in [0, 0.1) is 0 Å². The Morgan fingerprint density at radius 1 is 0.938 bits per heavy atom. The average molecular weight is 461 g/mol. The molecule has 0 unspecified atom stereocenters. The number of nitrogens with zero attached hydrogens (tertiary/aromatic N) is 2. The number of carbonyl (C=O) groups excluding carboxylic acids is 2. The highest BCUT2D eigenvalue weighted by molar-refractivity contribution is 7.16. The molecule has 0 atom stereocenters. The van der Waals surface area contributed by atoms with Crippen molar-refractivity contribution in [1.29, 1.82) is 0 Å². The van der Waals surface area contributed by atoms with Crippen molar-refractivity contribution in [2.45, 2.75) is 13.5 Å². The zero-order valence-corrected chi connectivity index (χ0v) is 19.3. The number of methoxy groups -OCH3 is 4. The van der Waals surface area contributed by atoms with E-state index in [0.29, 0.717) is 33.2 Å². The van der Waals surface area contributed by atoms with Crippen molar-refractivity contribution in [3.8, 4) is 23.0 Å². The van der Waals surface area contributed by atoms with Crippen molar-refractivity contribution in [2.75, 3.05) is 35.0 Å². The van der Waals surface area contributed by atoms with E-state index in [0.717, 1.165) is 0 Å².